The Morgan fingerprint density at radius 1 is 1.07 bits per heavy atom. The molecule has 0 aromatic heterocycles. The zero-order chi connectivity index (χ0) is 20.3. The summed E-state index contributed by atoms with van der Waals surface area (Å²) in [5.74, 6) is -0.279. The van der Waals surface area contributed by atoms with E-state index in [0.717, 1.165) is 10.6 Å². The summed E-state index contributed by atoms with van der Waals surface area (Å²) in [6.45, 7) is 4.36. The van der Waals surface area contributed by atoms with Crippen LogP contribution in [0.3, 0.4) is 0 Å². The maximum atomic E-state index is 12.9. The van der Waals surface area contributed by atoms with Crippen LogP contribution in [0, 0.1) is 0 Å². The van der Waals surface area contributed by atoms with Gasteiger partial charge in [-0.1, -0.05) is 12.1 Å². The zero-order valence-electron chi connectivity index (χ0n) is 16.1. The molecule has 1 aliphatic heterocycles. The monoisotopic (exact) mass is 420 g/mol. The first-order valence-electron chi connectivity index (χ1n) is 9.01. The van der Waals surface area contributed by atoms with E-state index >= 15 is 0 Å². The molecular weight excluding hydrogens is 396 g/mol. The highest BCUT2D eigenvalue weighted by Gasteiger charge is 2.32. The van der Waals surface area contributed by atoms with E-state index in [1.54, 1.807) is 11.8 Å². The van der Waals surface area contributed by atoms with Crippen LogP contribution in [0.2, 0.25) is 0 Å². The SMILES string of the molecule is CSc1ccccc1NC(=O)c1ccc(S(=O)(=O)N2CC(C)OC(C)C2)cc1. The average molecular weight is 421 g/mol. The standard InChI is InChI=1S/C20H24N2O4S2/c1-14-12-22(13-15(2)26-14)28(24,25)17-10-8-16(9-11-17)20(23)21-18-6-4-5-7-19(18)27-3/h4-11,14-15H,12-13H2,1-3H3,(H,21,23). The number of carbonyl (C=O) groups is 1. The molecule has 1 fully saturated rings. The third-order valence-electron chi connectivity index (χ3n) is 4.50. The maximum absolute atomic E-state index is 12.9. The molecule has 1 N–H and O–H groups in total. The summed E-state index contributed by atoms with van der Waals surface area (Å²) in [5.41, 5.74) is 1.13. The predicted octanol–water partition coefficient (Wildman–Crippen LogP) is 3.46. The number of sulfonamides is 1. The van der Waals surface area contributed by atoms with Crippen molar-refractivity contribution in [2.45, 2.75) is 35.8 Å². The minimum Gasteiger partial charge on any atom is -0.373 e. The third kappa shape index (κ3) is 4.57. The molecule has 0 aliphatic carbocycles. The van der Waals surface area contributed by atoms with Crippen molar-refractivity contribution in [1.29, 1.82) is 0 Å². The minimum atomic E-state index is -3.62. The van der Waals surface area contributed by atoms with Gasteiger partial charge in [-0.2, -0.15) is 4.31 Å². The Morgan fingerprint density at radius 2 is 1.68 bits per heavy atom. The smallest absolute Gasteiger partial charge is 0.255 e. The molecule has 1 heterocycles. The predicted molar refractivity (Wildman–Crippen MR) is 111 cm³/mol. The molecule has 0 radical (unpaired) electrons. The van der Waals surface area contributed by atoms with Crippen LogP contribution in [-0.2, 0) is 14.8 Å². The van der Waals surface area contributed by atoms with E-state index in [2.05, 4.69) is 5.32 Å². The topological polar surface area (TPSA) is 75.7 Å². The van der Waals surface area contributed by atoms with Crippen molar-refractivity contribution in [1.82, 2.24) is 4.31 Å². The van der Waals surface area contributed by atoms with E-state index in [0.29, 0.717) is 18.7 Å². The lowest BCUT2D eigenvalue weighted by Crippen LogP contribution is -2.48. The molecule has 1 amide bonds. The fraction of sp³-hybridized carbons (Fsp3) is 0.350. The molecule has 28 heavy (non-hydrogen) atoms. The van der Waals surface area contributed by atoms with Gasteiger partial charge in [0.25, 0.3) is 5.91 Å². The van der Waals surface area contributed by atoms with Crippen LogP contribution in [0.15, 0.2) is 58.3 Å². The summed E-state index contributed by atoms with van der Waals surface area (Å²) in [6, 6.07) is 13.6. The Bertz CT molecular complexity index is 935. The molecule has 0 saturated carbocycles. The Kier molecular flexibility index (Phi) is 6.44. The number of thioether (sulfide) groups is 1. The number of carbonyl (C=O) groups excluding carboxylic acids is 1. The molecule has 3 rings (SSSR count). The Hall–Kier alpha value is -1.87. The van der Waals surface area contributed by atoms with Crippen molar-refractivity contribution >= 4 is 33.4 Å². The summed E-state index contributed by atoms with van der Waals surface area (Å²) in [6.07, 6.45) is 1.64. The van der Waals surface area contributed by atoms with Gasteiger partial charge >= 0.3 is 0 Å². The van der Waals surface area contributed by atoms with E-state index in [-0.39, 0.29) is 23.0 Å². The highest BCUT2D eigenvalue weighted by atomic mass is 32.2. The van der Waals surface area contributed by atoms with Gasteiger partial charge in [-0.25, -0.2) is 8.42 Å². The molecule has 1 saturated heterocycles. The Morgan fingerprint density at radius 3 is 2.29 bits per heavy atom. The normalized spacial score (nSPS) is 20.7. The van der Waals surface area contributed by atoms with Gasteiger partial charge in [0.2, 0.25) is 10.0 Å². The van der Waals surface area contributed by atoms with Gasteiger partial charge < -0.3 is 10.1 Å². The third-order valence-corrected chi connectivity index (χ3v) is 7.14. The number of benzene rings is 2. The van der Waals surface area contributed by atoms with Crippen LogP contribution >= 0.6 is 11.8 Å². The highest BCUT2D eigenvalue weighted by Crippen LogP contribution is 2.26. The largest absolute Gasteiger partial charge is 0.373 e. The molecule has 6 nitrogen and oxygen atoms in total. The van der Waals surface area contributed by atoms with E-state index in [9.17, 15) is 13.2 Å². The number of rotatable bonds is 5. The van der Waals surface area contributed by atoms with Crippen LogP contribution < -0.4 is 5.32 Å². The number of nitrogens with one attached hydrogen (secondary N) is 1. The molecule has 2 aromatic carbocycles. The first-order valence-corrected chi connectivity index (χ1v) is 11.7. The number of anilines is 1. The van der Waals surface area contributed by atoms with Crippen LogP contribution in [0.4, 0.5) is 5.69 Å². The number of para-hydroxylation sites is 1. The molecule has 0 bridgehead atoms. The lowest BCUT2D eigenvalue weighted by molar-refractivity contribution is -0.0440. The second-order valence-electron chi connectivity index (χ2n) is 6.76. The summed E-state index contributed by atoms with van der Waals surface area (Å²) in [4.78, 5) is 13.7. The summed E-state index contributed by atoms with van der Waals surface area (Å²) in [5, 5.41) is 2.87. The molecule has 0 spiro atoms. The Balaban J connectivity index is 1.76. The highest BCUT2D eigenvalue weighted by molar-refractivity contribution is 7.98. The number of hydrogen-bond acceptors (Lipinski definition) is 5. The average Bonchev–Trinajstić information content (AvgIpc) is 2.67. The van der Waals surface area contributed by atoms with Crippen LogP contribution in [0.5, 0.6) is 0 Å². The van der Waals surface area contributed by atoms with Crippen molar-refractivity contribution < 1.29 is 17.9 Å². The van der Waals surface area contributed by atoms with E-state index in [1.165, 1.54) is 28.6 Å². The van der Waals surface area contributed by atoms with Gasteiger partial charge in [0.05, 0.1) is 22.8 Å². The van der Waals surface area contributed by atoms with E-state index in [4.69, 9.17) is 4.74 Å². The van der Waals surface area contributed by atoms with Crippen molar-refractivity contribution in [3.05, 3.63) is 54.1 Å². The molecule has 2 unspecified atom stereocenters. The van der Waals surface area contributed by atoms with Crippen molar-refractivity contribution in [2.24, 2.45) is 0 Å². The molecule has 2 atom stereocenters. The second-order valence-corrected chi connectivity index (χ2v) is 9.54. The van der Waals surface area contributed by atoms with Crippen molar-refractivity contribution in [3.63, 3.8) is 0 Å². The minimum absolute atomic E-state index is 0.153. The van der Waals surface area contributed by atoms with Crippen molar-refractivity contribution in [3.8, 4) is 0 Å². The lowest BCUT2D eigenvalue weighted by Gasteiger charge is -2.34. The van der Waals surface area contributed by atoms with Gasteiger partial charge in [-0.3, -0.25) is 4.79 Å². The number of hydrogen-bond donors (Lipinski definition) is 1. The quantitative estimate of drug-likeness (QED) is 0.750. The molecule has 2 aromatic rings. The van der Waals surface area contributed by atoms with Gasteiger partial charge in [0, 0.05) is 23.5 Å². The molecule has 1 aliphatic rings. The number of morpholine rings is 1. The maximum Gasteiger partial charge on any atom is 0.255 e. The first-order chi connectivity index (χ1) is 13.3. The second kappa shape index (κ2) is 8.65. The summed E-state index contributed by atoms with van der Waals surface area (Å²) < 4.78 is 32.9. The van der Waals surface area contributed by atoms with Gasteiger partial charge in [-0.05, 0) is 56.5 Å². The van der Waals surface area contributed by atoms with Gasteiger partial charge in [0.15, 0.2) is 0 Å². The van der Waals surface area contributed by atoms with Gasteiger partial charge in [0.1, 0.15) is 0 Å². The fourth-order valence-corrected chi connectivity index (χ4v) is 5.34. The van der Waals surface area contributed by atoms with Crippen molar-refractivity contribution in [2.75, 3.05) is 24.7 Å². The summed E-state index contributed by atoms with van der Waals surface area (Å²) in [7, 11) is -3.62. The molecule has 8 heteroatoms. The summed E-state index contributed by atoms with van der Waals surface area (Å²) >= 11 is 1.54. The number of ether oxygens (including phenoxy) is 1. The number of amides is 1. The number of nitrogens with zero attached hydrogens (tertiary/aromatic N) is 1. The molecular formula is C20H24N2O4S2. The lowest BCUT2D eigenvalue weighted by atomic mass is 10.2. The van der Waals surface area contributed by atoms with Crippen LogP contribution in [0.25, 0.3) is 0 Å². The first kappa shape index (κ1) is 20.9. The molecule has 150 valence electrons. The Labute approximate surface area is 170 Å². The van der Waals surface area contributed by atoms with E-state index < -0.39 is 10.0 Å². The van der Waals surface area contributed by atoms with E-state index in [1.807, 2.05) is 44.4 Å². The van der Waals surface area contributed by atoms with Crippen LogP contribution in [-0.4, -0.2) is 50.2 Å². The fourth-order valence-electron chi connectivity index (χ4n) is 3.20. The van der Waals surface area contributed by atoms with Crippen LogP contribution in [0.1, 0.15) is 24.2 Å². The van der Waals surface area contributed by atoms with Gasteiger partial charge in [-0.15, -0.1) is 11.8 Å². The zero-order valence-corrected chi connectivity index (χ0v) is 17.7.